The van der Waals surface area contributed by atoms with Crippen molar-refractivity contribution in [2.45, 2.75) is 26.3 Å². The number of fused-ring (bicyclic) bond motifs is 1. The molecule has 0 spiro atoms. The topological polar surface area (TPSA) is 119 Å². The van der Waals surface area contributed by atoms with Crippen LogP contribution in [0.25, 0.3) is 5.69 Å². The number of amides is 3. The van der Waals surface area contributed by atoms with Gasteiger partial charge in [-0.2, -0.15) is 4.68 Å². The molecule has 1 aromatic heterocycles. The third kappa shape index (κ3) is 4.34. The highest BCUT2D eigenvalue weighted by atomic mass is 16.5. The number of ether oxygens (including phenoxy) is 1. The van der Waals surface area contributed by atoms with Crippen molar-refractivity contribution in [2.24, 2.45) is 0 Å². The SMILES string of the molecule is CCOc1ccc(-n2nnnc2CNC(=O)CCCN2C(=O)c3ccccc3C2=O)cc1. The predicted molar refractivity (Wildman–Crippen MR) is 113 cm³/mol. The van der Waals surface area contributed by atoms with E-state index in [0.29, 0.717) is 30.0 Å². The lowest BCUT2D eigenvalue weighted by Gasteiger charge is -2.13. The van der Waals surface area contributed by atoms with Crippen molar-refractivity contribution >= 4 is 17.7 Å². The molecule has 0 unspecified atom stereocenters. The van der Waals surface area contributed by atoms with Gasteiger partial charge in [-0.25, -0.2) is 0 Å². The molecule has 0 saturated heterocycles. The Kier molecular flexibility index (Phi) is 6.20. The van der Waals surface area contributed by atoms with Crippen molar-refractivity contribution < 1.29 is 19.1 Å². The summed E-state index contributed by atoms with van der Waals surface area (Å²) >= 11 is 0. The Hall–Kier alpha value is -4.08. The summed E-state index contributed by atoms with van der Waals surface area (Å²) < 4.78 is 6.97. The summed E-state index contributed by atoms with van der Waals surface area (Å²) in [6.45, 7) is 2.82. The lowest BCUT2D eigenvalue weighted by molar-refractivity contribution is -0.121. The van der Waals surface area contributed by atoms with Gasteiger partial charge in [0.25, 0.3) is 11.8 Å². The number of carbonyl (C=O) groups is 3. The number of rotatable bonds is 9. The van der Waals surface area contributed by atoms with Gasteiger partial charge in [-0.15, -0.1) is 5.10 Å². The average Bonchev–Trinajstić information content (AvgIpc) is 3.37. The number of hydrogen-bond donors (Lipinski definition) is 1. The fraction of sp³-hybridized carbons (Fsp3) is 0.273. The van der Waals surface area contributed by atoms with Crippen LogP contribution in [0.1, 0.15) is 46.3 Å². The predicted octanol–water partition coefficient (Wildman–Crippen LogP) is 1.75. The molecule has 1 aliphatic heterocycles. The van der Waals surface area contributed by atoms with Gasteiger partial charge in [-0.05, 0) is 60.2 Å². The molecule has 164 valence electrons. The van der Waals surface area contributed by atoms with E-state index < -0.39 is 0 Å². The van der Waals surface area contributed by atoms with Crippen molar-refractivity contribution in [2.75, 3.05) is 13.2 Å². The second kappa shape index (κ2) is 9.38. The van der Waals surface area contributed by atoms with E-state index in [0.717, 1.165) is 11.4 Å². The summed E-state index contributed by atoms with van der Waals surface area (Å²) in [5, 5.41) is 14.4. The summed E-state index contributed by atoms with van der Waals surface area (Å²) in [6.07, 6.45) is 0.527. The van der Waals surface area contributed by atoms with Gasteiger partial charge in [-0.3, -0.25) is 19.3 Å². The first-order valence-electron chi connectivity index (χ1n) is 10.3. The molecule has 1 N–H and O–H groups in total. The van der Waals surface area contributed by atoms with E-state index in [1.165, 1.54) is 9.58 Å². The number of nitrogens with one attached hydrogen (secondary N) is 1. The van der Waals surface area contributed by atoms with Crippen LogP contribution in [0, 0.1) is 0 Å². The minimum absolute atomic E-state index is 0.145. The Bertz CT molecular complexity index is 1110. The van der Waals surface area contributed by atoms with Gasteiger partial charge in [0, 0.05) is 13.0 Å². The molecular weight excluding hydrogens is 412 g/mol. The summed E-state index contributed by atoms with van der Waals surface area (Å²) in [6, 6.07) is 14.0. The molecule has 2 heterocycles. The zero-order valence-electron chi connectivity index (χ0n) is 17.5. The normalized spacial score (nSPS) is 12.7. The summed E-state index contributed by atoms with van der Waals surface area (Å²) in [5.74, 6) is 0.365. The summed E-state index contributed by atoms with van der Waals surface area (Å²) in [5.41, 5.74) is 1.56. The van der Waals surface area contributed by atoms with Gasteiger partial charge in [-0.1, -0.05) is 12.1 Å². The average molecular weight is 434 g/mol. The van der Waals surface area contributed by atoms with E-state index in [9.17, 15) is 14.4 Å². The monoisotopic (exact) mass is 434 g/mol. The van der Waals surface area contributed by atoms with Crippen LogP contribution in [0.3, 0.4) is 0 Å². The fourth-order valence-electron chi connectivity index (χ4n) is 3.47. The van der Waals surface area contributed by atoms with Gasteiger partial charge in [0.05, 0.1) is 30.0 Å². The molecule has 0 saturated carbocycles. The molecule has 3 aromatic rings. The molecular formula is C22H22N6O4. The highest BCUT2D eigenvalue weighted by Gasteiger charge is 2.34. The molecule has 32 heavy (non-hydrogen) atoms. The highest BCUT2D eigenvalue weighted by Crippen LogP contribution is 2.22. The van der Waals surface area contributed by atoms with Crippen molar-refractivity contribution in [3.8, 4) is 11.4 Å². The Morgan fingerprint density at radius 1 is 1.03 bits per heavy atom. The Labute approximate surface area is 184 Å². The number of carbonyl (C=O) groups excluding carboxylic acids is 3. The number of benzene rings is 2. The molecule has 0 atom stereocenters. The Morgan fingerprint density at radius 3 is 2.38 bits per heavy atom. The van der Waals surface area contributed by atoms with E-state index in [1.807, 2.05) is 31.2 Å². The summed E-state index contributed by atoms with van der Waals surface area (Å²) in [4.78, 5) is 38.2. The maximum absolute atomic E-state index is 12.4. The van der Waals surface area contributed by atoms with Crippen molar-refractivity contribution in [1.29, 1.82) is 0 Å². The lowest BCUT2D eigenvalue weighted by atomic mass is 10.1. The molecule has 3 amide bonds. The van der Waals surface area contributed by atoms with Crippen LogP contribution in [0.2, 0.25) is 0 Å². The van der Waals surface area contributed by atoms with E-state index in [-0.39, 0.29) is 37.2 Å². The first-order valence-corrected chi connectivity index (χ1v) is 10.3. The molecule has 10 nitrogen and oxygen atoms in total. The van der Waals surface area contributed by atoms with E-state index in [1.54, 1.807) is 24.3 Å². The fourth-order valence-corrected chi connectivity index (χ4v) is 3.47. The second-order valence-electron chi connectivity index (χ2n) is 7.12. The van der Waals surface area contributed by atoms with Crippen LogP contribution in [0.4, 0.5) is 0 Å². The van der Waals surface area contributed by atoms with Crippen molar-refractivity contribution in [3.05, 3.63) is 65.5 Å². The van der Waals surface area contributed by atoms with Crippen LogP contribution in [0.15, 0.2) is 48.5 Å². The summed E-state index contributed by atoms with van der Waals surface area (Å²) in [7, 11) is 0. The first kappa shape index (κ1) is 21.2. The highest BCUT2D eigenvalue weighted by molar-refractivity contribution is 6.21. The van der Waals surface area contributed by atoms with Crippen molar-refractivity contribution in [3.63, 3.8) is 0 Å². The minimum Gasteiger partial charge on any atom is -0.494 e. The molecule has 2 aromatic carbocycles. The van der Waals surface area contributed by atoms with Gasteiger partial charge in [0.15, 0.2) is 5.82 Å². The maximum atomic E-state index is 12.4. The number of nitrogens with zero attached hydrogens (tertiary/aromatic N) is 5. The first-order chi connectivity index (χ1) is 15.6. The van der Waals surface area contributed by atoms with Crippen molar-refractivity contribution in [1.82, 2.24) is 30.4 Å². The third-order valence-corrected chi connectivity index (χ3v) is 5.03. The number of tetrazole rings is 1. The molecule has 10 heteroatoms. The van der Waals surface area contributed by atoms with Crippen LogP contribution >= 0.6 is 0 Å². The molecule has 0 fully saturated rings. The zero-order chi connectivity index (χ0) is 22.5. The van der Waals surface area contributed by atoms with E-state index in [4.69, 9.17) is 4.74 Å². The minimum atomic E-state index is -0.319. The van der Waals surface area contributed by atoms with Crippen LogP contribution in [0.5, 0.6) is 5.75 Å². The number of aromatic nitrogens is 4. The van der Waals surface area contributed by atoms with Gasteiger partial charge >= 0.3 is 0 Å². The van der Waals surface area contributed by atoms with Gasteiger partial charge in [0.1, 0.15) is 5.75 Å². The lowest BCUT2D eigenvalue weighted by Crippen LogP contribution is -2.32. The third-order valence-electron chi connectivity index (χ3n) is 5.03. The standard InChI is InChI=1S/C22H22N6O4/c1-2-32-16-11-9-15(10-12-16)28-19(24-25-26-28)14-23-20(29)8-5-13-27-21(30)17-6-3-4-7-18(17)22(27)31/h3-4,6-7,9-12H,2,5,8,13-14H2,1H3,(H,23,29). The Balaban J connectivity index is 1.27. The van der Waals surface area contributed by atoms with Gasteiger partial charge < -0.3 is 10.1 Å². The maximum Gasteiger partial charge on any atom is 0.261 e. The molecule has 0 aliphatic carbocycles. The Morgan fingerprint density at radius 2 is 1.72 bits per heavy atom. The quantitative estimate of drug-likeness (QED) is 0.510. The second-order valence-corrected chi connectivity index (χ2v) is 7.12. The van der Waals surface area contributed by atoms with Crippen LogP contribution < -0.4 is 10.1 Å². The number of hydrogen-bond acceptors (Lipinski definition) is 7. The van der Waals surface area contributed by atoms with Crippen LogP contribution in [-0.2, 0) is 11.3 Å². The molecule has 0 bridgehead atoms. The number of imide groups is 1. The molecule has 0 radical (unpaired) electrons. The van der Waals surface area contributed by atoms with E-state index >= 15 is 0 Å². The zero-order valence-corrected chi connectivity index (χ0v) is 17.5. The molecule has 4 rings (SSSR count). The van der Waals surface area contributed by atoms with E-state index in [2.05, 4.69) is 20.8 Å². The molecule has 1 aliphatic rings. The van der Waals surface area contributed by atoms with Crippen LogP contribution in [-0.4, -0.2) is 56.0 Å². The smallest absolute Gasteiger partial charge is 0.261 e. The van der Waals surface area contributed by atoms with Gasteiger partial charge in [0.2, 0.25) is 5.91 Å². The largest absolute Gasteiger partial charge is 0.494 e.